The fourth-order valence-electron chi connectivity index (χ4n) is 1.86. The Balaban J connectivity index is 2.97. The summed E-state index contributed by atoms with van der Waals surface area (Å²) in [5.74, 6) is 0. The summed E-state index contributed by atoms with van der Waals surface area (Å²) in [6.07, 6.45) is 3.33. The third kappa shape index (κ3) is 4.07. The standard InChI is InChI=1S/C15H23/c1-6-12-8-13(7-2)10-14(9-12)11-15(3,4)5/h9-10H,6-7,11H2,1-5H3. The molecule has 0 amide bonds. The molecule has 1 rings (SSSR count). The van der Waals surface area contributed by atoms with Gasteiger partial charge in [0.25, 0.3) is 0 Å². The third-order valence-electron chi connectivity index (χ3n) is 2.54. The van der Waals surface area contributed by atoms with E-state index in [9.17, 15) is 0 Å². The fraction of sp³-hybridized carbons (Fsp3) is 0.600. The van der Waals surface area contributed by atoms with Gasteiger partial charge in [-0.1, -0.05) is 46.8 Å². The first-order valence-corrected chi connectivity index (χ1v) is 5.98. The van der Waals surface area contributed by atoms with Crippen LogP contribution in [0.15, 0.2) is 12.1 Å². The van der Waals surface area contributed by atoms with Gasteiger partial charge in [-0.25, -0.2) is 0 Å². The zero-order chi connectivity index (χ0) is 11.5. The van der Waals surface area contributed by atoms with E-state index in [2.05, 4.69) is 52.8 Å². The first-order valence-electron chi connectivity index (χ1n) is 5.98. The number of aryl methyl sites for hydroxylation is 2. The maximum Gasteiger partial charge on any atom is -0.0114 e. The summed E-state index contributed by atoms with van der Waals surface area (Å²) in [5.41, 5.74) is 4.55. The van der Waals surface area contributed by atoms with Gasteiger partial charge in [0.15, 0.2) is 0 Å². The summed E-state index contributed by atoms with van der Waals surface area (Å²) >= 11 is 0. The predicted molar refractivity (Wildman–Crippen MR) is 67.2 cm³/mol. The van der Waals surface area contributed by atoms with Gasteiger partial charge in [-0.05, 0) is 47.4 Å². The second-order valence-corrected chi connectivity index (χ2v) is 5.48. The van der Waals surface area contributed by atoms with Gasteiger partial charge in [0.05, 0.1) is 0 Å². The molecule has 0 aliphatic carbocycles. The van der Waals surface area contributed by atoms with Crippen LogP contribution in [0.1, 0.15) is 51.3 Å². The molecule has 0 atom stereocenters. The van der Waals surface area contributed by atoms with Crippen molar-refractivity contribution in [3.8, 4) is 0 Å². The van der Waals surface area contributed by atoms with Gasteiger partial charge in [-0.15, -0.1) is 0 Å². The van der Waals surface area contributed by atoms with Crippen LogP contribution in [0, 0.1) is 11.5 Å². The van der Waals surface area contributed by atoms with E-state index in [0.29, 0.717) is 5.41 Å². The van der Waals surface area contributed by atoms with Gasteiger partial charge in [0.2, 0.25) is 0 Å². The predicted octanol–water partition coefficient (Wildman–Crippen LogP) is 4.20. The Labute approximate surface area is 94.7 Å². The van der Waals surface area contributed by atoms with E-state index in [1.807, 2.05) is 0 Å². The fourth-order valence-corrected chi connectivity index (χ4v) is 1.86. The Morgan fingerprint density at radius 1 is 1.00 bits per heavy atom. The monoisotopic (exact) mass is 203 g/mol. The highest BCUT2D eigenvalue weighted by Gasteiger charge is 2.12. The molecule has 0 nitrogen and oxygen atoms in total. The van der Waals surface area contributed by atoms with Gasteiger partial charge in [0, 0.05) is 0 Å². The Morgan fingerprint density at radius 2 is 1.47 bits per heavy atom. The van der Waals surface area contributed by atoms with E-state index in [1.165, 1.54) is 16.7 Å². The molecular weight excluding hydrogens is 180 g/mol. The Hall–Kier alpha value is -0.780. The molecule has 0 spiro atoms. The van der Waals surface area contributed by atoms with Gasteiger partial charge in [-0.2, -0.15) is 0 Å². The molecule has 1 radical (unpaired) electrons. The lowest BCUT2D eigenvalue weighted by Gasteiger charge is -2.19. The molecule has 0 saturated heterocycles. The average molecular weight is 203 g/mol. The van der Waals surface area contributed by atoms with Crippen LogP contribution in [0.5, 0.6) is 0 Å². The van der Waals surface area contributed by atoms with Crippen molar-refractivity contribution in [1.82, 2.24) is 0 Å². The minimum atomic E-state index is 0.372. The third-order valence-corrected chi connectivity index (χ3v) is 2.54. The second-order valence-electron chi connectivity index (χ2n) is 5.48. The molecule has 0 aromatic heterocycles. The van der Waals surface area contributed by atoms with Crippen molar-refractivity contribution in [2.24, 2.45) is 5.41 Å². The molecular formula is C15H23. The molecule has 0 fully saturated rings. The topological polar surface area (TPSA) is 0 Å². The van der Waals surface area contributed by atoms with E-state index in [0.717, 1.165) is 19.3 Å². The molecule has 0 bridgehead atoms. The number of benzene rings is 1. The van der Waals surface area contributed by atoms with Crippen LogP contribution in [0.4, 0.5) is 0 Å². The highest BCUT2D eigenvalue weighted by atomic mass is 14.2. The Morgan fingerprint density at radius 3 is 1.80 bits per heavy atom. The molecule has 15 heavy (non-hydrogen) atoms. The summed E-state index contributed by atoms with van der Waals surface area (Å²) in [5, 5.41) is 0. The molecule has 0 saturated carbocycles. The summed E-state index contributed by atoms with van der Waals surface area (Å²) in [6, 6.07) is 8.09. The van der Waals surface area contributed by atoms with Gasteiger partial charge >= 0.3 is 0 Å². The quantitative estimate of drug-likeness (QED) is 0.690. The van der Waals surface area contributed by atoms with E-state index >= 15 is 0 Å². The second kappa shape index (κ2) is 4.83. The first-order chi connectivity index (χ1) is 6.94. The number of hydrogen-bond donors (Lipinski definition) is 0. The summed E-state index contributed by atoms with van der Waals surface area (Å²) in [7, 11) is 0. The Kier molecular flexibility index (Phi) is 3.96. The largest absolute Gasteiger partial charge is 0.0613 e. The zero-order valence-corrected chi connectivity index (χ0v) is 10.8. The van der Waals surface area contributed by atoms with E-state index < -0.39 is 0 Å². The molecule has 0 heteroatoms. The van der Waals surface area contributed by atoms with Crippen molar-refractivity contribution in [2.75, 3.05) is 0 Å². The Bertz CT molecular complexity index is 293. The van der Waals surface area contributed by atoms with Crippen molar-refractivity contribution in [2.45, 2.75) is 53.9 Å². The van der Waals surface area contributed by atoms with Crippen molar-refractivity contribution < 1.29 is 0 Å². The molecule has 0 heterocycles. The average Bonchev–Trinajstić information content (AvgIpc) is 2.14. The first kappa shape index (κ1) is 12.3. The molecule has 0 unspecified atom stereocenters. The molecule has 83 valence electrons. The normalized spacial score (nSPS) is 11.8. The molecule has 1 aromatic rings. The maximum atomic E-state index is 3.47. The zero-order valence-electron chi connectivity index (χ0n) is 10.8. The minimum absolute atomic E-state index is 0.372. The van der Waals surface area contributed by atoms with Crippen LogP contribution in [-0.4, -0.2) is 0 Å². The van der Waals surface area contributed by atoms with Crippen molar-refractivity contribution in [1.29, 1.82) is 0 Å². The maximum absolute atomic E-state index is 3.47. The molecule has 1 aromatic carbocycles. The van der Waals surface area contributed by atoms with Crippen LogP contribution >= 0.6 is 0 Å². The number of rotatable bonds is 3. The lowest BCUT2D eigenvalue weighted by atomic mass is 9.86. The smallest absolute Gasteiger partial charge is 0.0114 e. The SMILES string of the molecule is CCc1[c]c(CC)cc(CC(C)(C)C)c1. The van der Waals surface area contributed by atoms with Crippen LogP contribution < -0.4 is 0 Å². The number of hydrogen-bond acceptors (Lipinski definition) is 0. The lowest BCUT2D eigenvalue weighted by molar-refractivity contribution is 0.411. The van der Waals surface area contributed by atoms with Crippen LogP contribution in [0.25, 0.3) is 0 Å². The summed E-state index contributed by atoms with van der Waals surface area (Å²) in [4.78, 5) is 0. The van der Waals surface area contributed by atoms with Gasteiger partial charge in [-0.3, -0.25) is 0 Å². The van der Waals surface area contributed by atoms with Crippen molar-refractivity contribution >= 4 is 0 Å². The molecule has 0 aliphatic rings. The van der Waals surface area contributed by atoms with Crippen molar-refractivity contribution in [3.63, 3.8) is 0 Å². The minimum Gasteiger partial charge on any atom is -0.0613 e. The van der Waals surface area contributed by atoms with E-state index in [-0.39, 0.29) is 0 Å². The van der Waals surface area contributed by atoms with Crippen LogP contribution in [0.3, 0.4) is 0 Å². The van der Waals surface area contributed by atoms with Crippen LogP contribution in [0.2, 0.25) is 0 Å². The lowest BCUT2D eigenvalue weighted by Crippen LogP contribution is -2.09. The molecule has 0 aliphatic heterocycles. The van der Waals surface area contributed by atoms with E-state index in [4.69, 9.17) is 0 Å². The van der Waals surface area contributed by atoms with Crippen LogP contribution in [-0.2, 0) is 19.3 Å². The summed E-state index contributed by atoms with van der Waals surface area (Å²) in [6.45, 7) is 11.3. The van der Waals surface area contributed by atoms with Gasteiger partial charge < -0.3 is 0 Å². The summed E-state index contributed by atoms with van der Waals surface area (Å²) < 4.78 is 0. The molecule has 0 N–H and O–H groups in total. The highest BCUT2D eigenvalue weighted by Crippen LogP contribution is 2.22. The van der Waals surface area contributed by atoms with Gasteiger partial charge in [0.1, 0.15) is 0 Å². The van der Waals surface area contributed by atoms with Crippen molar-refractivity contribution in [3.05, 3.63) is 34.9 Å². The highest BCUT2D eigenvalue weighted by molar-refractivity contribution is 5.29. The van der Waals surface area contributed by atoms with E-state index in [1.54, 1.807) is 0 Å².